The highest BCUT2D eigenvalue weighted by Crippen LogP contribution is 2.36. The van der Waals surface area contributed by atoms with E-state index in [0.717, 1.165) is 35.3 Å². The Kier molecular flexibility index (Phi) is 5.77. The van der Waals surface area contributed by atoms with E-state index in [9.17, 15) is 9.59 Å². The van der Waals surface area contributed by atoms with Gasteiger partial charge >= 0.3 is 0 Å². The largest absolute Gasteiger partial charge is 0.285 e. The van der Waals surface area contributed by atoms with E-state index in [1.165, 1.54) is 11.8 Å². The first kappa shape index (κ1) is 21.5. The van der Waals surface area contributed by atoms with Gasteiger partial charge in [-0.05, 0) is 62.1 Å². The minimum absolute atomic E-state index is 0.0282. The molecule has 6 heteroatoms. The SMILES string of the molecule is CC(C)n1c(SCC(=O)N2c3ccccc3CCc3ccccc32)nc2ccccc2c1=O. The maximum Gasteiger partial charge on any atom is 0.262 e. The van der Waals surface area contributed by atoms with Crippen molar-refractivity contribution in [1.82, 2.24) is 9.55 Å². The van der Waals surface area contributed by atoms with Crippen molar-refractivity contribution in [1.29, 1.82) is 0 Å². The van der Waals surface area contributed by atoms with Gasteiger partial charge in [0.25, 0.3) is 5.56 Å². The molecular weight excluding hydrogens is 430 g/mol. The van der Waals surface area contributed by atoms with Gasteiger partial charge in [-0.25, -0.2) is 4.98 Å². The van der Waals surface area contributed by atoms with E-state index in [0.29, 0.717) is 16.1 Å². The van der Waals surface area contributed by atoms with E-state index in [2.05, 4.69) is 12.1 Å². The highest BCUT2D eigenvalue weighted by atomic mass is 32.2. The summed E-state index contributed by atoms with van der Waals surface area (Å²) in [5.74, 6) is 0.152. The van der Waals surface area contributed by atoms with E-state index in [1.807, 2.05) is 73.3 Å². The zero-order valence-corrected chi connectivity index (χ0v) is 19.5. The lowest BCUT2D eigenvalue weighted by molar-refractivity contribution is -0.115. The summed E-state index contributed by atoms with van der Waals surface area (Å²) in [6.45, 7) is 3.93. The van der Waals surface area contributed by atoms with Crippen LogP contribution in [-0.2, 0) is 17.6 Å². The number of carbonyl (C=O) groups is 1. The highest BCUT2D eigenvalue weighted by Gasteiger charge is 2.26. The topological polar surface area (TPSA) is 55.2 Å². The summed E-state index contributed by atoms with van der Waals surface area (Å²) in [7, 11) is 0. The third-order valence-corrected chi connectivity index (χ3v) is 6.93. The van der Waals surface area contributed by atoms with Crippen molar-refractivity contribution in [3.63, 3.8) is 0 Å². The molecule has 166 valence electrons. The van der Waals surface area contributed by atoms with Gasteiger partial charge in [0.05, 0.1) is 28.0 Å². The van der Waals surface area contributed by atoms with Crippen molar-refractivity contribution in [2.45, 2.75) is 37.9 Å². The van der Waals surface area contributed by atoms with Crippen molar-refractivity contribution in [2.24, 2.45) is 0 Å². The van der Waals surface area contributed by atoms with Gasteiger partial charge in [0.15, 0.2) is 5.16 Å². The lowest BCUT2D eigenvalue weighted by Crippen LogP contribution is -2.29. The van der Waals surface area contributed by atoms with Crippen molar-refractivity contribution < 1.29 is 4.79 Å². The van der Waals surface area contributed by atoms with Crippen LogP contribution in [0.5, 0.6) is 0 Å². The average Bonchev–Trinajstić information content (AvgIpc) is 2.99. The number of carbonyl (C=O) groups excluding carboxylic acids is 1. The Balaban J connectivity index is 1.52. The molecule has 0 N–H and O–H groups in total. The Morgan fingerprint density at radius 3 is 2.12 bits per heavy atom. The summed E-state index contributed by atoms with van der Waals surface area (Å²) in [5, 5.41) is 1.16. The minimum Gasteiger partial charge on any atom is -0.285 e. The maximum absolute atomic E-state index is 13.7. The van der Waals surface area contributed by atoms with E-state index >= 15 is 0 Å². The molecular formula is C27H25N3O2S. The molecule has 5 nitrogen and oxygen atoms in total. The number of anilines is 2. The number of hydrogen-bond donors (Lipinski definition) is 0. The molecule has 3 aromatic carbocycles. The van der Waals surface area contributed by atoms with Gasteiger partial charge in [-0.15, -0.1) is 0 Å². The predicted molar refractivity (Wildman–Crippen MR) is 135 cm³/mol. The van der Waals surface area contributed by atoms with Gasteiger partial charge in [-0.3, -0.25) is 19.1 Å². The fourth-order valence-corrected chi connectivity index (χ4v) is 5.40. The Hall–Kier alpha value is -3.38. The second-order valence-electron chi connectivity index (χ2n) is 8.46. The number of fused-ring (bicyclic) bond motifs is 3. The molecule has 1 aliphatic heterocycles. The summed E-state index contributed by atoms with van der Waals surface area (Å²) < 4.78 is 1.69. The number of thioether (sulfide) groups is 1. The van der Waals surface area contributed by atoms with Crippen LogP contribution in [0, 0.1) is 0 Å². The smallest absolute Gasteiger partial charge is 0.262 e. The molecule has 0 atom stereocenters. The van der Waals surface area contributed by atoms with Crippen LogP contribution in [0.25, 0.3) is 10.9 Å². The normalized spacial score (nSPS) is 13.0. The lowest BCUT2D eigenvalue weighted by atomic mass is 10.0. The lowest BCUT2D eigenvalue weighted by Gasteiger charge is -2.25. The summed E-state index contributed by atoms with van der Waals surface area (Å²) in [6.07, 6.45) is 1.78. The van der Waals surface area contributed by atoms with Crippen LogP contribution in [0.3, 0.4) is 0 Å². The number of nitrogens with zero attached hydrogens (tertiary/aromatic N) is 3. The molecule has 0 aliphatic carbocycles. The fraction of sp³-hybridized carbons (Fsp3) is 0.222. The van der Waals surface area contributed by atoms with E-state index < -0.39 is 0 Å². The Bertz CT molecular complexity index is 1360. The number of rotatable bonds is 4. The maximum atomic E-state index is 13.7. The molecule has 2 heterocycles. The van der Waals surface area contributed by atoms with Gasteiger partial charge in [-0.1, -0.05) is 60.3 Å². The summed E-state index contributed by atoms with van der Waals surface area (Å²) in [5.41, 5.74) is 4.77. The van der Waals surface area contributed by atoms with Crippen LogP contribution in [0.2, 0.25) is 0 Å². The number of amides is 1. The second kappa shape index (κ2) is 8.87. The number of aryl methyl sites for hydroxylation is 2. The quantitative estimate of drug-likeness (QED) is 0.300. The average molecular weight is 456 g/mol. The van der Waals surface area contributed by atoms with Crippen LogP contribution < -0.4 is 10.5 Å². The van der Waals surface area contributed by atoms with Gasteiger partial charge in [0.2, 0.25) is 5.91 Å². The first-order valence-corrected chi connectivity index (χ1v) is 12.2. The fourth-order valence-electron chi connectivity index (χ4n) is 4.42. The molecule has 0 saturated carbocycles. The molecule has 0 fully saturated rings. The third-order valence-electron chi connectivity index (χ3n) is 5.99. The van der Waals surface area contributed by atoms with Crippen LogP contribution in [0.4, 0.5) is 11.4 Å². The molecule has 1 aromatic heterocycles. The summed E-state index contributed by atoms with van der Waals surface area (Å²) in [4.78, 5) is 33.4. The molecule has 5 rings (SSSR count). The Morgan fingerprint density at radius 1 is 0.909 bits per heavy atom. The molecule has 1 aliphatic rings. The van der Waals surface area contributed by atoms with Gasteiger partial charge in [0, 0.05) is 6.04 Å². The molecule has 0 saturated heterocycles. The molecule has 0 spiro atoms. The molecule has 33 heavy (non-hydrogen) atoms. The Labute approximate surface area is 197 Å². The van der Waals surface area contributed by atoms with E-state index in [1.54, 1.807) is 10.6 Å². The first-order valence-electron chi connectivity index (χ1n) is 11.2. The zero-order valence-electron chi connectivity index (χ0n) is 18.7. The standard InChI is InChI=1S/C27H25N3O2S/c1-18(2)29-26(32)21-11-5-6-12-22(21)28-27(29)33-17-25(31)30-23-13-7-3-9-19(23)15-16-20-10-4-8-14-24(20)30/h3-14,18H,15-17H2,1-2H3. The second-order valence-corrected chi connectivity index (χ2v) is 9.40. The molecule has 0 bridgehead atoms. The predicted octanol–water partition coefficient (Wildman–Crippen LogP) is 5.53. The highest BCUT2D eigenvalue weighted by molar-refractivity contribution is 7.99. The third kappa shape index (κ3) is 3.95. The number of benzene rings is 3. The Morgan fingerprint density at radius 2 is 1.48 bits per heavy atom. The zero-order chi connectivity index (χ0) is 22.9. The van der Waals surface area contributed by atoms with E-state index in [4.69, 9.17) is 4.98 Å². The molecule has 1 amide bonds. The first-order chi connectivity index (χ1) is 16.0. The van der Waals surface area contributed by atoms with Gasteiger partial charge in [0.1, 0.15) is 0 Å². The van der Waals surface area contributed by atoms with Crippen LogP contribution in [0.15, 0.2) is 82.7 Å². The van der Waals surface area contributed by atoms with Crippen molar-refractivity contribution >= 4 is 39.9 Å². The van der Waals surface area contributed by atoms with E-state index in [-0.39, 0.29) is 23.3 Å². The van der Waals surface area contributed by atoms with Crippen LogP contribution >= 0.6 is 11.8 Å². The summed E-state index contributed by atoms with van der Waals surface area (Å²) in [6, 6.07) is 23.5. The van der Waals surface area contributed by atoms with Crippen LogP contribution in [-0.4, -0.2) is 21.2 Å². The molecule has 0 unspecified atom stereocenters. The summed E-state index contributed by atoms with van der Waals surface area (Å²) >= 11 is 1.32. The monoisotopic (exact) mass is 455 g/mol. The number of aromatic nitrogens is 2. The van der Waals surface area contributed by atoms with Crippen molar-refractivity contribution in [3.8, 4) is 0 Å². The van der Waals surface area contributed by atoms with Gasteiger partial charge < -0.3 is 0 Å². The molecule has 4 aromatic rings. The van der Waals surface area contributed by atoms with Crippen molar-refractivity contribution in [2.75, 3.05) is 10.7 Å². The minimum atomic E-state index is -0.0731. The van der Waals surface area contributed by atoms with Crippen molar-refractivity contribution in [3.05, 3.63) is 94.3 Å². The van der Waals surface area contributed by atoms with Crippen LogP contribution in [0.1, 0.15) is 31.0 Å². The number of para-hydroxylation sites is 3. The van der Waals surface area contributed by atoms with Gasteiger partial charge in [-0.2, -0.15) is 0 Å². The number of hydrogen-bond acceptors (Lipinski definition) is 4. The molecule has 0 radical (unpaired) electrons.